The van der Waals surface area contributed by atoms with Crippen molar-refractivity contribution in [2.75, 3.05) is 0 Å². The van der Waals surface area contributed by atoms with Gasteiger partial charge in [-0.05, 0) is 29.5 Å². The van der Waals surface area contributed by atoms with Gasteiger partial charge in [-0.15, -0.1) is 0 Å². The molecule has 2 aromatic rings. The Balaban J connectivity index is 2.12. The molecule has 142 valence electrons. The maximum Gasteiger partial charge on any atom is 0.306 e. The Morgan fingerprint density at radius 2 is 1.44 bits per heavy atom. The van der Waals surface area contributed by atoms with Crippen molar-refractivity contribution < 1.29 is 24.6 Å². The average Bonchev–Trinajstić information content (AvgIpc) is 2.66. The zero-order valence-corrected chi connectivity index (χ0v) is 15.3. The summed E-state index contributed by atoms with van der Waals surface area (Å²) in [5.41, 5.74) is 3.09. The fourth-order valence-corrected chi connectivity index (χ4v) is 3.04. The predicted octanol–water partition coefficient (Wildman–Crippen LogP) is 4.06. The number of hydrogen-bond donors (Lipinski definition) is 2. The van der Waals surface area contributed by atoms with Crippen molar-refractivity contribution in [2.45, 2.75) is 32.6 Å². The molecule has 0 aromatic heterocycles. The summed E-state index contributed by atoms with van der Waals surface area (Å²) < 4.78 is 0. The number of hydrogen-bond acceptors (Lipinski definition) is 3. The molecule has 0 heterocycles. The molecule has 0 unspecified atom stereocenters. The molecule has 0 spiro atoms. The standard InChI is InChI=1S/C22H24O5/c1-15(22(26)27)13-19(20(23)11-12-21(24)25)14-16-7-9-18(10-8-16)17-5-3-2-4-6-17/h2-10,15,19H,11-14H2,1H3,(H,24,25)(H,26,27)/t15-,19-/m0/s1. The molecule has 2 N–H and O–H groups in total. The van der Waals surface area contributed by atoms with Gasteiger partial charge in [-0.25, -0.2) is 0 Å². The number of carbonyl (C=O) groups excluding carboxylic acids is 1. The highest BCUT2D eigenvalue weighted by Gasteiger charge is 2.25. The van der Waals surface area contributed by atoms with Crippen LogP contribution < -0.4 is 0 Å². The van der Waals surface area contributed by atoms with E-state index >= 15 is 0 Å². The molecule has 0 saturated carbocycles. The molecule has 0 amide bonds. The molecule has 2 aromatic carbocycles. The van der Waals surface area contributed by atoms with Crippen molar-refractivity contribution in [2.24, 2.45) is 11.8 Å². The number of ketones is 1. The highest BCUT2D eigenvalue weighted by molar-refractivity contribution is 5.85. The molecular weight excluding hydrogens is 344 g/mol. The van der Waals surface area contributed by atoms with Gasteiger partial charge in [0.15, 0.2) is 0 Å². The molecule has 27 heavy (non-hydrogen) atoms. The number of rotatable bonds is 10. The average molecular weight is 368 g/mol. The lowest BCUT2D eigenvalue weighted by Gasteiger charge is -2.18. The first-order valence-corrected chi connectivity index (χ1v) is 8.98. The van der Waals surface area contributed by atoms with Crippen LogP contribution in [0.15, 0.2) is 54.6 Å². The summed E-state index contributed by atoms with van der Waals surface area (Å²) >= 11 is 0. The normalized spacial score (nSPS) is 12.9. The second-order valence-corrected chi connectivity index (χ2v) is 6.80. The number of carbonyl (C=O) groups is 3. The Hall–Kier alpha value is -2.95. The van der Waals surface area contributed by atoms with E-state index in [4.69, 9.17) is 10.2 Å². The van der Waals surface area contributed by atoms with Gasteiger partial charge in [-0.2, -0.15) is 0 Å². The minimum absolute atomic E-state index is 0.0750. The van der Waals surface area contributed by atoms with Crippen LogP contribution in [0.25, 0.3) is 11.1 Å². The number of carboxylic acids is 2. The smallest absolute Gasteiger partial charge is 0.306 e. The van der Waals surface area contributed by atoms with Gasteiger partial charge in [0.1, 0.15) is 5.78 Å². The molecule has 0 aliphatic carbocycles. The fourth-order valence-electron chi connectivity index (χ4n) is 3.04. The quantitative estimate of drug-likeness (QED) is 0.660. The van der Waals surface area contributed by atoms with Crippen LogP contribution in [0, 0.1) is 11.8 Å². The molecular formula is C22H24O5. The molecule has 5 nitrogen and oxygen atoms in total. The Labute approximate surface area is 158 Å². The van der Waals surface area contributed by atoms with Crippen LogP contribution in [0.5, 0.6) is 0 Å². The molecule has 5 heteroatoms. The minimum atomic E-state index is -1.03. The van der Waals surface area contributed by atoms with Gasteiger partial charge in [-0.1, -0.05) is 61.5 Å². The van der Waals surface area contributed by atoms with Crippen LogP contribution in [-0.2, 0) is 20.8 Å². The Kier molecular flexibility index (Phi) is 7.29. The van der Waals surface area contributed by atoms with Crippen molar-refractivity contribution in [3.05, 3.63) is 60.2 Å². The van der Waals surface area contributed by atoms with E-state index in [9.17, 15) is 14.4 Å². The van der Waals surface area contributed by atoms with Gasteiger partial charge in [-0.3, -0.25) is 14.4 Å². The molecule has 0 aliphatic heterocycles. The lowest BCUT2D eigenvalue weighted by molar-refractivity contribution is -0.143. The monoisotopic (exact) mass is 368 g/mol. The third-order valence-electron chi connectivity index (χ3n) is 4.64. The second kappa shape index (κ2) is 9.67. The number of carboxylic acid groups (broad SMARTS) is 2. The van der Waals surface area contributed by atoms with E-state index in [0.717, 1.165) is 16.7 Å². The van der Waals surface area contributed by atoms with Crippen LogP contribution in [0.4, 0.5) is 0 Å². The summed E-state index contributed by atoms with van der Waals surface area (Å²) in [5, 5.41) is 18.0. The lowest BCUT2D eigenvalue weighted by atomic mass is 9.85. The third kappa shape index (κ3) is 6.37. The van der Waals surface area contributed by atoms with Gasteiger partial charge in [0.25, 0.3) is 0 Å². The van der Waals surface area contributed by atoms with Gasteiger partial charge in [0.2, 0.25) is 0 Å². The minimum Gasteiger partial charge on any atom is -0.481 e. The van der Waals surface area contributed by atoms with E-state index in [1.165, 1.54) is 0 Å². The van der Waals surface area contributed by atoms with E-state index in [0.29, 0.717) is 6.42 Å². The van der Waals surface area contributed by atoms with Crippen molar-refractivity contribution >= 4 is 17.7 Å². The zero-order valence-electron chi connectivity index (χ0n) is 15.3. The maximum absolute atomic E-state index is 12.4. The lowest BCUT2D eigenvalue weighted by Crippen LogP contribution is -2.23. The third-order valence-corrected chi connectivity index (χ3v) is 4.64. The number of benzene rings is 2. The summed E-state index contributed by atoms with van der Waals surface area (Å²) in [6.07, 6.45) is 0.303. The Morgan fingerprint density at radius 1 is 0.852 bits per heavy atom. The molecule has 0 bridgehead atoms. The first-order chi connectivity index (χ1) is 12.9. The van der Waals surface area contributed by atoms with E-state index in [-0.39, 0.29) is 25.0 Å². The molecule has 0 fully saturated rings. The van der Waals surface area contributed by atoms with E-state index in [1.807, 2.05) is 54.6 Å². The van der Waals surface area contributed by atoms with Crippen molar-refractivity contribution in [1.82, 2.24) is 0 Å². The molecule has 0 aliphatic rings. The summed E-state index contributed by atoms with van der Waals surface area (Å²) in [4.78, 5) is 34.4. The summed E-state index contributed by atoms with van der Waals surface area (Å²) in [6.45, 7) is 1.57. The topological polar surface area (TPSA) is 91.7 Å². The number of aliphatic carboxylic acids is 2. The second-order valence-electron chi connectivity index (χ2n) is 6.80. The summed E-state index contributed by atoms with van der Waals surface area (Å²) in [7, 11) is 0. The number of Topliss-reactive ketones (excluding diaryl/α,β-unsaturated/α-hetero) is 1. The molecule has 0 saturated heterocycles. The highest BCUT2D eigenvalue weighted by Crippen LogP contribution is 2.24. The van der Waals surface area contributed by atoms with Gasteiger partial charge in [0.05, 0.1) is 12.3 Å². The zero-order chi connectivity index (χ0) is 19.8. The van der Waals surface area contributed by atoms with Crippen molar-refractivity contribution in [1.29, 1.82) is 0 Å². The maximum atomic E-state index is 12.4. The fraction of sp³-hybridized carbons (Fsp3) is 0.318. The van der Waals surface area contributed by atoms with E-state index in [2.05, 4.69) is 0 Å². The molecule has 2 atom stereocenters. The van der Waals surface area contributed by atoms with Crippen molar-refractivity contribution in [3.63, 3.8) is 0 Å². The SMILES string of the molecule is C[C@@H](C[C@@H](Cc1ccc(-c2ccccc2)cc1)C(=O)CCC(=O)O)C(=O)O. The van der Waals surface area contributed by atoms with Gasteiger partial charge < -0.3 is 10.2 Å². The van der Waals surface area contributed by atoms with Gasteiger partial charge in [0, 0.05) is 12.3 Å². The van der Waals surface area contributed by atoms with E-state index < -0.39 is 23.8 Å². The van der Waals surface area contributed by atoms with Crippen LogP contribution >= 0.6 is 0 Å². The summed E-state index contributed by atoms with van der Waals surface area (Å²) in [6, 6.07) is 17.7. The first kappa shape index (κ1) is 20.4. The summed E-state index contributed by atoms with van der Waals surface area (Å²) in [5.74, 6) is -3.34. The van der Waals surface area contributed by atoms with Gasteiger partial charge >= 0.3 is 11.9 Å². The van der Waals surface area contributed by atoms with Crippen molar-refractivity contribution in [3.8, 4) is 11.1 Å². The Morgan fingerprint density at radius 3 is 2.00 bits per heavy atom. The first-order valence-electron chi connectivity index (χ1n) is 8.98. The van der Waals surface area contributed by atoms with Crippen LogP contribution in [0.3, 0.4) is 0 Å². The molecule has 2 rings (SSSR count). The highest BCUT2D eigenvalue weighted by atomic mass is 16.4. The largest absolute Gasteiger partial charge is 0.481 e. The predicted molar refractivity (Wildman–Crippen MR) is 102 cm³/mol. The molecule has 0 radical (unpaired) electrons. The van der Waals surface area contributed by atoms with Crippen LogP contribution in [-0.4, -0.2) is 27.9 Å². The van der Waals surface area contributed by atoms with E-state index in [1.54, 1.807) is 6.92 Å². The van der Waals surface area contributed by atoms with Crippen LogP contribution in [0.2, 0.25) is 0 Å². The Bertz CT molecular complexity index is 780. The van der Waals surface area contributed by atoms with Crippen LogP contribution in [0.1, 0.15) is 31.7 Å².